The van der Waals surface area contributed by atoms with Crippen LogP contribution in [0.5, 0.6) is 0 Å². The van der Waals surface area contributed by atoms with Gasteiger partial charge in [-0.3, -0.25) is 19.2 Å². The highest BCUT2D eigenvalue weighted by molar-refractivity contribution is 6.00. The van der Waals surface area contributed by atoms with Crippen LogP contribution in [0, 0.1) is 17.8 Å². The maximum absolute atomic E-state index is 14.7. The Bertz CT molecular complexity index is 1300. The van der Waals surface area contributed by atoms with Crippen molar-refractivity contribution in [1.82, 2.24) is 15.1 Å². The van der Waals surface area contributed by atoms with Gasteiger partial charge in [0.05, 0.1) is 36.6 Å². The van der Waals surface area contributed by atoms with E-state index in [0.29, 0.717) is 6.42 Å². The van der Waals surface area contributed by atoms with Crippen LogP contribution in [-0.2, 0) is 28.7 Å². The van der Waals surface area contributed by atoms with Crippen molar-refractivity contribution in [2.24, 2.45) is 17.8 Å². The van der Waals surface area contributed by atoms with Gasteiger partial charge in [0.15, 0.2) is 0 Å². The molecule has 232 valence electrons. The van der Waals surface area contributed by atoms with Crippen molar-refractivity contribution >= 4 is 23.7 Å². The van der Waals surface area contributed by atoms with Crippen LogP contribution < -0.4 is 5.32 Å². The molecule has 2 saturated heterocycles. The van der Waals surface area contributed by atoms with E-state index in [9.17, 15) is 24.3 Å². The molecule has 1 spiro atoms. The first kappa shape index (κ1) is 30.9. The minimum Gasteiger partial charge on any atom is -0.463 e. The maximum atomic E-state index is 14.7. The summed E-state index contributed by atoms with van der Waals surface area (Å²) in [5.74, 6) is -3.55. The molecule has 4 aliphatic heterocycles. The van der Waals surface area contributed by atoms with Gasteiger partial charge in [0.25, 0.3) is 0 Å². The molecule has 2 fully saturated rings. The third-order valence-corrected chi connectivity index (χ3v) is 9.14. The number of aliphatic hydroxyl groups is 1. The molecule has 7 atom stereocenters. The van der Waals surface area contributed by atoms with Gasteiger partial charge < -0.3 is 29.7 Å². The topological polar surface area (TPSA) is 125 Å². The first-order chi connectivity index (χ1) is 20.4. The van der Waals surface area contributed by atoms with E-state index in [1.807, 2.05) is 77.1 Å². The second kappa shape index (κ2) is 11.9. The number of allylic oxidation sites excluding steroid dienone is 1. The van der Waals surface area contributed by atoms with E-state index in [1.165, 1.54) is 4.90 Å². The maximum Gasteiger partial charge on any atom is 0.306 e. The molecule has 2 N–H and O–H groups in total. The Balaban J connectivity index is 1.61. The highest BCUT2D eigenvalue weighted by Gasteiger charge is 2.74. The lowest BCUT2D eigenvalue weighted by Gasteiger charge is -2.43. The van der Waals surface area contributed by atoms with Crippen molar-refractivity contribution in [2.75, 3.05) is 19.8 Å². The van der Waals surface area contributed by atoms with Gasteiger partial charge in [0, 0.05) is 18.5 Å². The van der Waals surface area contributed by atoms with Crippen LogP contribution in [0.1, 0.15) is 59.1 Å². The summed E-state index contributed by atoms with van der Waals surface area (Å²) in [6, 6.07) is 6.85. The third-order valence-electron chi connectivity index (χ3n) is 9.14. The van der Waals surface area contributed by atoms with E-state index < -0.39 is 59.1 Å². The minimum atomic E-state index is -1.36. The highest BCUT2D eigenvalue weighted by atomic mass is 16.5. The van der Waals surface area contributed by atoms with Crippen molar-refractivity contribution in [3.63, 3.8) is 0 Å². The van der Waals surface area contributed by atoms with Crippen LogP contribution in [0.4, 0.5) is 0 Å². The number of carbonyl (C=O) groups excluding carboxylic acids is 4. The number of nitrogens with zero attached hydrogens (tertiary/aromatic N) is 2. The second-order valence-electron chi connectivity index (χ2n) is 13.2. The van der Waals surface area contributed by atoms with Crippen LogP contribution in [0.2, 0.25) is 0 Å². The van der Waals surface area contributed by atoms with Crippen molar-refractivity contribution in [1.29, 1.82) is 0 Å². The fraction of sp³-hybridized carbons (Fsp3) is 0.576. The molecule has 0 unspecified atom stereocenters. The quantitative estimate of drug-likeness (QED) is 0.406. The van der Waals surface area contributed by atoms with E-state index in [2.05, 4.69) is 5.32 Å². The standard InChI is InChI=1S/C33H43N3O7/c1-20(2)23(18-37)36-28-31(41)35(32(3,4)5)17-11-7-10-14-25(38)42-19-22(21-12-8-6-9-13-21)34-29(39)26-24-15-16-33(28,43-24)27(26)30(36)40/h6-9,11-13,15-16,20,22-24,26-28,37H,10,14,17-19H2,1-5H3,(H,34,39)/b11-7-/t22-,23+,24-,26+,27+,28-,33+/m1/s1. The third kappa shape index (κ3) is 5.51. The normalized spacial score (nSPS) is 33.0. The summed E-state index contributed by atoms with van der Waals surface area (Å²) in [6.45, 7) is 9.40. The molecule has 5 bridgehead atoms. The SMILES string of the molecule is CC(C)[C@H](CO)N1C(=O)[C@@H]2[C@H]3C(=O)N[C@@H](c4ccccc4)COC(=O)CC/C=C\CN(C(C)(C)C)C(=O)[C@@H]1[C@]21C=C[C@H]3O1. The average Bonchev–Trinajstić information content (AvgIpc) is 3.60. The Morgan fingerprint density at radius 2 is 1.79 bits per heavy atom. The Kier molecular flexibility index (Phi) is 8.55. The number of ether oxygens (including phenoxy) is 2. The molecule has 43 heavy (non-hydrogen) atoms. The minimum absolute atomic E-state index is 0.0683. The molecule has 5 rings (SSSR count). The average molecular weight is 594 g/mol. The first-order valence-electron chi connectivity index (χ1n) is 15.2. The van der Waals surface area contributed by atoms with Crippen molar-refractivity contribution in [3.05, 3.63) is 60.2 Å². The number of hydrogen-bond donors (Lipinski definition) is 2. The van der Waals surface area contributed by atoms with Crippen LogP contribution in [0.25, 0.3) is 0 Å². The lowest BCUT2D eigenvalue weighted by Crippen LogP contribution is -2.62. The number of rotatable bonds is 4. The molecule has 1 aromatic rings. The van der Waals surface area contributed by atoms with Crippen LogP contribution in [0.15, 0.2) is 54.6 Å². The summed E-state index contributed by atoms with van der Waals surface area (Å²) in [7, 11) is 0. The van der Waals surface area contributed by atoms with Crippen molar-refractivity contribution in [2.45, 2.75) is 82.8 Å². The summed E-state index contributed by atoms with van der Waals surface area (Å²) < 4.78 is 12.1. The number of carbonyl (C=O) groups is 4. The summed E-state index contributed by atoms with van der Waals surface area (Å²) in [5, 5.41) is 13.5. The summed E-state index contributed by atoms with van der Waals surface area (Å²) in [6.07, 6.45) is 7.11. The molecule has 3 amide bonds. The molecule has 0 saturated carbocycles. The number of benzene rings is 1. The van der Waals surface area contributed by atoms with E-state index in [0.717, 1.165) is 5.56 Å². The summed E-state index contributed by atoms with van der Waals surface area (Å²) >= 11 is 0. The lowest BCUT2D eigenvalue weighted by molar-refractivity contribution is -0.154. The fourth-order valence-electron chi connectivity index (χ4n) is 6.93. The number of nitrogens with one attached hydrogen (secondary N) is 1. The molecule has 4 heterocycles. The number of likely N-dealkylation sites (tertiary alicyclic amines) is 1. The predicted molar refractivity (Wildman–Crippen MR) is 158 cm³/mol. The fourth-order valence-corrected chi connectivity index (χ4v) is 6.93. The highest BCUT2D eigenvalue weighted by Crippen LogP contribution is 2.56. The van der Waals surface area contributed by atoms with Gasteiger partial charge in [-0.25, -0.2) is 0 Å². The van der Waals surface area contributed by atoms with Gasteiger partial charge in [-0.15, -0.1) is 0 Å². The van der Waals surface area contributed by atoms with Gasteiger partial charge in [0.1, 0.15) is 18.2 Å². The number of esters is 1. The van der Waals surface area contributed by atoms with E-state index in [-0.39, 0.29) is 43.9 Å². The van der Waals surface area contributed by atoms with Gasteiger partial charge in [-0.2, -0.15) is 0 Å². The Morgan fingerprint density at radius 3 is 2.44 bits per heavy atom. The number of aliphatic hydroxyl groups excluding tert-OH is 1. The van der Waals surface area contributed by atoms with Crippen molar-refractivity contribution < 1.29 is 33.8 Å². The van der Waals surface area contributed by atoms with Crippen LogP contribution in [0.3, 0.4) is 0 Å². The Labute approximate surface area is 253 Å². The molecule has 1 aromatic carbocycles. The molecule has 0 aliphatic carbocycles. The van der Waals surface area contributed by atoms with Gasteiger partial charge in [-0.05, 0) is 38.7 Å². The zero-order valence-electron chi connectivity index (χ0n) is 25.6. The Morgan fingerprint density at radius 1 is 1.07 bits per heavy atom. The molecular formula is C33H43N3O7. The van der Waals surface area contributed by atoms with Crippen molar-refractivity contribution in [3.8, 4) is 0 Å². The summed E-state index contributed by atoms with van der Waals surface area (Å²) in [5.41, 5.74) is -1.23. The van der Waals surface area contributed by atoms with Gasteiger partial charge in [0.2, 0.25) is 17.7 Å². The van der Waals surface area contributed by atoms with E-state index in [1.54, 1.807) is 17.1 Å². The lowest BCUT2D eigenvalue weighted by atomic mass is 9.74. The molecule has 0 aromatic heterocycles. The predicted octanol–water partition coefficient (Wildman–Crippen LogP) is 2.53. The van der Waals surface area contributed by atoms with Gasteiger partial charge >= 0.3 is 5.97 Å². The molecule has 10 nitrogen and oxygen atoms in total. The van der Waals surface area contributed by atoms with Crippen LogP contribution >= 0.6 is 0 Å². The zero-order chi connectivity index (χ0) is 31.1. The second-order valence-corrected chi connectivity index (χ2v) is 13.2. The largest absolute Gasteiger partial charge is 0.463 e. The molecule has 10 heteroatoms. The smallest absolute Gasteiger partial charge is 0.306 e. The number of amides is 3. The monoisotopic (exact) mass is 593 g/mol. The first-order valence-corrected chi connectivity index (χ1v) is 15.2. The number of fused-ring (bicyclic) bond motifs is 2. The summed E-state index contributed by atoms with van der Waals surface area (Å²) in [4.78, 5) is 59.0. The Hall–Kier alpha value is -3.50. The number of hydrogen-bond acceptors (Lipinski definition) is 7. The molecule has 0 radical (unpaired) electrons. The zero-order valence-corrected chi connectivity index (χ0v) is 25.6. The van der Waals surface area contributed by atoms with E-state index in [4.69, 9.17) is 9.47 Å². The van der Waals surface area contributed by atoms with E-state index >= 15 is 0 Å². The number of cyclic esters (lactones) is 1. The van der Waals surface area contributed by atoms with Gasteiger partial charge in [-0.1, -0.05) is 68.5 Å². The molecule has 4 aliphatic rings. The van der Waals surface area contributed by atoms with Crippen LogP contribution in [-0.4, -0.2) is 87.7 Å². The molecular weight excluding hydrogens is 550 g/mol.